The normalized spacial score (nSPS) is 9.31. The maximum absolute atomic E-state index is 13.2. The summed E-state index contributed by atoms with van der Waals surface area (Å²) in [6.45, 7) is 0.253. The first kappa shape index (κ1) is 12.0. The lowest BCUT2D eigenvalue weighted by atomic mass is 10.2. The zero-order chi connectivity index (χ0) is 12.0. The molecule has 0 spiro atoms. The topological polar surface area (TPSA) is 62.1 Å². The third-order valence-electron chi connectivity index (χ3n) is 1.94. The molecule has 4 nitrogen and oxygen atoms in total. The average molecular weight is 222 g/mol. The Labute approximate surface area is 92.6 Å². The van der Waals surface area contributed by atoms with E-state index in [-0.39, 0.29) is 24.3 Å². The van der Waals surface area contributed by atoms with Gasteiger partial charge in [0.15, 0.2) is 11.6 Å². The number of hydrogen-bond acceptors (Lipinski definition) is 3. The van der Waals surface area contributed by atoms with Crippen LogP contribution in [0.3, 0.4) is 0 Å². The third kappa shape index (κ3) is 2.95. The van der Waals surface area contributed by atoms with E-state index in [1.807, 2.05) is 6.07 Å². The highest BCUT2D eigenvalue weighted by Gasteiger charge is 2.09. The second kappa shape index (κ2) is 5.71. The van der Waals surface area contributed by atoms with E-state index in [9.17, 15) is 9.18 Å². The molecule has 0 saturated heterocycles. The molecule has 0 aliphatic rings. The largest absolute Gasteiger partial charge is 0.494 e. The zero-order valence-electron chi connectivity index (χ0n) is 8.79. The number of rotatable bonds is 4. The fourth-order valence-electron chi connectivity index (χ4n) is 1.14. The van der Waals surface area contributed by atoms with Gasteiger partial charge >= 0.3 is 0 Å². The molecule has 0 aliphatic heterocycles. The van der Waals surface area contributed by atoms with Crippen LogP contribution in [-0.4, -0.2) is 19.6 Å². The minimum atomic E-state index is -0.588. The average Bonchev–Trinajstić information content (AvgIpc) is 2.29. The highest BCUT2D eigenvalue weighted by atomic mass is 19.1. The van der Waals surface area contributed by atoms with Crippen molar-refractivity contribution in [1.29, 1.82) is 5.26 Å². The number of benzene rings is 1. The molecule has 1 aromatic carbocycles. The molecule has 1 N–H and O–H groups in total. The van der Waals surface area contributed by atoms with Gasteiger partial charge in [0.05, 0.1) is 19.6 Å². The number of nitriles is 1. The summed E-state index contributed by atoms with van der Waals surface area (Å²) in [6.07, 6.45) is 0.227. The van der Waals surface area contributed by atoms with E-state index in [1.54, 1.807) is 0 Å². The first-order valence-corrected chi connectivity index (χ1v) is 4.67. The lowest BCUT2D eigenvalue weighted by Crippen LogP contribution is -2.24. The van der Waals surface area contributed by atoms with Crippen molar-refractivity contribution in [2.24, 2.45) is 0 Å². The van der Waals surface area contributed by atoms with Gasteiger partial charge in [-0.05, 0) is 18.2 Å². The molecule has 0 fully saturated rings. The van der Waals surface area contributed by atoms with Crippen molar-refractivity contribution in [3.63, 3.8) is 0 Å². The van der Waals surface area contributed by atoms with Gasteiger partial charge in [0.2, 0.25) is 0 Å². The summed E-state index contributed by atoms with van der Waals surface area (Å²) >= 11 is 0. The van der Waals surface area contributed by atoms with E-state index in [4.69, 9.17) is 10.00 Å². The predicted octanol–water partition coefficient (Wildman–Crippen LogP) is 1.48. The molecule has 0 radical (unpaired) electrons. The van der Waals surface area contributed by atoms with Gasteiger partial charge in [-0.25, -0.2) is 4.39 Å². The molecule has 5 heteroatoms. The maximum Gasteiger partial charge on any atom is 0.251 e. The Hall–Kier alpha value is -2.09. The van der Waals surface area contributed by atoms with Gasteiger partial charge in [-0.1, -0.05) is 0 Å². The zero-order valence-corrected chi connectivity index (χ0v) is 8.79. The van der Waals surface area contributed by atoms with E-state index in [2.05, 4.69) is 5.32 Å². The molecule has 0 aliphatic carbocycles. The molecular formula is C11H11FN2O2. The van der Waals surface area contributed by atoms with Gasteiger partial charge in [0.1, 0.15) is 0 Å². The minimum Gasteiger partial charge on any atom is -0.494 e. The van der Waals surface area contributed by atoms with Crippen molar-refractivity contribution in [3.05, 3.63) is 29.6 Å². The summed E-state index contributed by atoms with van der Waals surface area (Å²) in [5.41, 5.74) is 0.205. The lowest BCUT2D eigenvalue weighted by Gasteiger charge is -2.05. The van der Waals surface area contributed by atoms with Gasteiger partial charge in [-0.2, -0.15) is 5.26 Å². The monoisotopic (exact) mass is 222 g/mol. The number of nitrogens with one attached hydrogen (secondary N) is 1. The van der Waals surface area contributed by atoms with Gasteiger partial charge in [-0.3, -0.25) is 4.79 Å². The molecule has 0 unspecified atom stereocenters. The number of ether oxygens (including phenoxy) is 1. The molecule has 84 valence electrons. The molecule has 0 saturated carbocycles. The number of carbonyl (C=O) groups excluding carboxylic acids is 1. The smallest absolute Gasteiger partial charge is 0.251 e. The standard InChI is InChI=1S/C11H11FN2O2/c1-16-10-4-3-8(7-9(10)12)11(15)14-6-2-5-13/h3-4,7H,2,6H2,1H3,(H,14,15). The molecule has 16 heavy (non-hydrogen) atoms. The molecule has 0 bridgehead atoms. The number of hydrogen-bond donors (Lipinski definition) is 1. The Morgan fingerprint density at radius 2 is 2.38 bits per heavy atom. The van der Waals surface area contributed by atoms with Crippen molar-refractivity contribution in [2.75, 3.05) is 13.7 Å². The fourth-order valence-corrected chi connectivity index (χ4v) is 1.14. The molecule has 1 rings (SSSR count). The van der Waals surface area contributed by atoms with Crippen LogP contribution in [0.4, 0.5) is 4.39 Å². The van der Waals surface area contributed by atoms with Crippen molar-refractivity contribution in [1.82, 2.24) is 5.32 Å². The summed E-state index contributed by atoms with van der Waals surface area (Å²) < 4.78 is 18.0. The molecule has 0 atom stereocenters. The Balaban J connectivity index is 2.70. The summed E-state index contributed by atoms with van der Waals surface area (Å²) in [5, 5.41) is 10.8. The second-order valence-corrected chi connectivity index (χ2v) is 3.01. The summed E-state index contributed by atoms with van der Waals surface area (Å²) in [5.74, 6) is -0.902. The lowest BCUT2D eigenvalue weighted by molar-refractivity contribution is 0.0954. The SMILES string of the molecule is COc1ccc(C(=O)NCCC#N)cc1F. The summed E-state index contributed by atoms with van der Waals surface area (Å²) in [6, 6.07) is 5.84. The number of carbonyl (C=O) groups is 1. The fraction of sp³-hybridized carbons (Fsp3) is 0.273. The van der Waals surface area contributed by atoms with E-state index in [0.717, 1.165) is 6.07 Å². The van der Waals surface area contributed by atoms with Crippen LogP contribution in [0.2, 0.25) is 0 Å². The van der Waals surface area contributed by atoms with Crippen LogP contribution in [0.15, 0.2) is 18.2 Å². The van der Waals surface area contributed by atoms with Crippen LogP contribution in [0, 0.1) is 17.1 Å². The summed E-state index contributed by atoms with van der Waals surface area (Å²) in [4.78, 5) is 11.4. The van der Waals surface area contributed by atoms with Gasteiger partial charge in [0.25, 0.3) is 5.91 Å². The predicted molar refractivity (Wildman–Crippen MR) is 55.5 cm³/mol. The van der Waals surface area contributed by atoms with Gasteiger partial charge in [-0.15, -0.1) is 0 Å². The minimum absolute atomic E-state index is 0.0913. The number of amides is 1. The first-order chi connectivity index (χ1) is 7.69. The van der Waals surface area contributed by atoms with Crippen molar-refractivity contribution < 1.29 is 13.9 Å². The van der Waals surface area contributed by atoms with E-state index < -0.39 is 11.7 Å². The molecule has 0 aromatic heterocycles. The van der Waals surface area contributed by atoms with Crippen LogP contribution in [0.1, 0.15) is 16.8 Å². The summed E-state index contributed by atoms with van der Waals surface area (Å²) in [7, 11) is 1.35. The van der Waals surface area contributed by atoms with Crippen LogP contribution in [0.5, 0.6) is 5.75 Å². The van der Waals surface area contributed by atoms with E-state index >= 15 is 0 Å². The van der Waals surface area contributed by atoms with Crippen molar-refractivity contribution >= 4 is 5.91 Å². The Morgan fingerprint density at radius 1 is 1.62 bits per heavy atom. The van der Waals surface area contributed by atoms with Crippen LogP contribution >= 0.6 is 0 Å². The number of halogens is 1. The van der Waals surface area contributed by atoms with E-state index in [1.165, 1.54) is 19.2 Å². The molecule has 0 heterocycles. The number of nitrogens with zero attached hydrogens (tertiary/aromatic N) is 1. The molecular weight excluding hydrogens is 211 g/mol. The number of methoxy groups -OCH3 is 1. The third-order valence-corrected chi connectivity index (χ3v) is 1.94. The van der Waals surface area contributed by atoms with Gasteiger partial charge < -0.3 is 10.1 Å². The van der Waals surface area contributed by atoms with E-state index in [0.29, 0.717) is 0 Å². The first-order valence-electron chi connectivity index (χ1n) is 4.67. The Kier molecular flexibility index (Phi) is 4.28. The van der Waals surface area contributed by atoms with Crippen LogP contribution in [-0.2, 0) is 0 Å². The highest BCUT2D eigenvalue weighted by Crippen LogP contribution is 2.17. The Bertz CT molecular complexity index is 426. The maximum atomic E-state index is 13.2. The van der Waals surface area contributed by atoms with Gasteiger partial charge in [0, 0.05) is 12.1 Å². The van der Waals surface area contributed by atoms with Crippen LogP contribution in [0.25, 0.3) is 0 Å². The molecule has 1 amide bonds. The van der Waals surface area contributed by atoms with Crippen molar-refractivity contribution in [2.45, 2.75) is 6.42 Å². The molecule has 1 aromatic rings. The highest BCUT2D eigenvalue weighted by molar-refractivity contribution is 5.94. The van der Waals surface area contributed by atoms with Crippen molar-refractivity contribution in [3.8, 4) is 11.8 Å². The Morgan fingerprint density at radius 3 is 2.94 bits per heavy atom. The quantitative estimate of drug-likeness (QED) is 0.785. The second-order valence-electron chi connectivity index (χ2n) is 3.01. The van der Waals surface area contributed by atoms with Crippen LogP contribution < -0.4 is 10.1 Å².